The van der Waals surface area contributed by atoms with E-state index in [0.717, 1.165) is 64.9 Å². The molecule has 2 aliphatic rings. The van der Waals surface area contributed by atoms with E-state index >= 15 is 0 Å². The molecule has 4 N–H and O–H groups in total. The molecule has 1 saturated heterocycles. The third-order valence-corrected chi connectivity index (χ3v) is 14.8. The molecular formula is C56H72F3N7O6S. The van der Waals surface area contributed by atoms with E-state index in [1.54, 1.807) is 28.4 Å². The SMILES string of the molecule is COc1cnc(C(=O)NCc2cccc(CC(=O)NCCCCCCCCC(=O)NC(C(=O)N3CCC[C@H]3C(=O)NCc3ccc(-c4scnc4C)cc3)C(C)(C)C)c2)cc1/C=C/C1CCC(C(F)(F)F)CC1. The highest BCUT2D eigenvalue weighted by atomic mass is 32.1. The number of allylic oxidation sites excluding steroid dienone is 1. The molecule has 1 aliphatic heterocycles. The fourth-order valence-corrected chi connectivity index (χ4v) is 10.3. The molecular weight excluding hydrogens is 956 g/mol. The quantitative estimate of drug-likeness (QED) is 0.0532. The number of carbonyl (C=O) groups is 5. The van der Waals surface area contributed by atoms with Gasteiger partial charge in [-0.2, -0.15) is 13.2 Å². The largest absolute Gasteiger partial charge is 0.495 e. The van der Waals surface area contributed by atoms with Gasteiger partial charge in [-0.15, -0.1) is 11.3 Å². The first-order valence-corrected chi connectivity index (χ1v) is 26.6. The summed E-state index contributed by atoms with van der Waals surface area (Å²) in [6, 6.07) is 15.7. The van der Waals surface area contributed by atoms with Crippen molar-refractivity contribution in [2.75, 3.05) is 20.2 Å². The van der Waals surface area contributed by atoms with Crippen LogP contribution in [-0.4, -0.2) is 82.9 Å². The van der Waals surface area contributed by atoms with Crippen LogP contribution in [0.15, 0.2) is 72.4 Å². The number of hydrogen-bond acceptors (Lipinski definition) is 9. The molecule has 2 fully saturated rings. The number of unbranched alkanes of at least 4 members (excludes halogenated alkanes) is 5. The van der Waals surface area contributed by atoms with Crippen LogP contribution in [0.1, 0.15) is 143 Å². The normalized spacial score (nSPS) is 17.5. The van der Waals surface area contributed by atoms with E-state index in [4.69, 9.17) is 4.74 Å². The highest BCUT2D eigenvalue weighted by Gasteiger charge is 2.42. The van der Waals surface area contributed by atoms with Crippen molar-refractivity contribution in [3.8, 4) is 16.2 Å². The number of nitrogens with one attached hydrogen (secondary N) is 4. The number of rotatable bonds is 23. The second-order valence-electron chi connectivity index (χ2n) is 20.5. The smallest absolute Gasteiger partial charge is 0.391 e. The number of amides is 5. The zero-order valence-corrected chi connectivity index (χ0v) is 43.7. The fraction of sp³-hybridized carbons (Fsp3) is 0.518. The van der Waals surface area contributed by atoms with Gasteiger partial charge >= 0.3 is 6.18 Å². The molecule has 1 saturated carbocycles. The van der Waals surface area contributed by atoms with Crippen molar-refractivity contribution in [2.45, 2.75) is 149 Å². The Bertz CT molecular complexity index is 2520. The van der Waals surface area contributed by atoms with Gasteiger partial charge in [0.1, 0.15) is 23.5 Å². The molecule has 2 aromatic carbocycles. The lowest BCUT2D eigenvalue weighted by Gasteiger charge is -2.35. The number of carbonyl (C=O) groups excluding carboxylic acids is 5. The Labute approximate surface area is 431 Å². The maximum atomic E-state index is 14.0. The highest BCUT2D eigenvalue weighted by Crippen LogP contribution is 2.40. The number of nitrogens with zero attached hydrogens (tertiary/aromatic N) is 3. The Morgan fingerprint density at radius 3 is 2.21 bits per heavy atom. The number of pyridine rings is 1. The molecule has 2 atom stereocenters. The molecule has 394 valence electrons. The number of ether oxygens (including phenoxy) is 1. The summed E-state index contributed by atoms with van der Waals surface area (Å²) in [5.74, 6) is -1.89. The Morgan fingerprint density at radius 2 is 1.52 bits per heavy atom. The van der Waals surface area contributed by atoms with Gasteiger partial charge in [-0.05, 0) is 97.9 Å². The highest BCUT2D eigenvalue weighted by molar-refractivity contribution is 7.13. The van der Waals surface area contributed by atoms with Crippen LogP contribution in [0.3, 0.4) is 0 Å². The number of likely N-dealkylation sites (tertiary alicyclic amines) is 1. The molecule has 0 bridgehead atoms. The van der Waals surface area contributed by atoms with Crippen LogP contribution in [0.25, 0.3) is 16.5 Å². The van der Waals surface area contributed by atoms with Crippen LogP contribution >= 0.6 is 11.3 Å². The van der Waals surface area contributed by atoms with E-state index in [1.165, 1.54) is 13.3 Å². The topological polar surface area (TPSA) is 172 Å². The summed E-state index contributed by atoms with van der Waals surface area (Å²) in [6.45, 7) is 9.33. The number of hydrogen-bond donors (Lipinski definition) is 4. The summed E-state index contributed by atoms with van der Waals surface area (Å²) in [4.78, 5) is 77.8. The number of benzene rings is 2. The second-order valence-corrected chi connectivity index (χ2v) is 21.3. The predicted molar refractivity (Wildman–Crippen MR) is 278 cm³/mol. The summed E-state index contributed by atoms with van der Waals surface area (Å²) in [5.41, 5.74) is 6.71. The van der Waals surface area contributed by atoms with Gasteiger partial charge in [-0.25, -0.2) is 9.97 Å². The Hall–Kier alpha value is -6.10. The molecule has 5 amide bonds. The lowest BCUT2D eigenvalue weighted by molar-refractivity contribution is -0.183. The van der Waals surface area contributed by atoms with Gasteiger partial charge in [0.2, 0.25) is 23.6 Å². The van der Waals surface area contributed by atoms with Crippen LogP contribution in [-0.2, 0) is 38.7 Å². The van der Waals surface area contributed by atoms with Crippen molar-refractivity contribution in [3.63, 3.8) is 0 Å². The summed E-state index contributed by atoms with van der Waals surface area (Å²) in [7, 11) is 1.49. The second kappa shape index (κ2) is 26.7. The molecule has 1 aliphatic carbocycles. The number of aryl methyl sites for hydroxylation is 1. The summed E-state index contributed by atoms with van der Waals surface area (Å²) >= 11 is 1.59. The lowest BCUT2D eigenvalue weighted by atomic mass is 9.81. The van der Waals surface area contributed by atoms with Gasteiger partial charge < -0.3 is 30.9 Å². The van der Waals surface area contributed by atoms with Crippen LogP contribution < -0.4 is 26.0 Å². The van der Waals surface area contributed by atoms with Gasteiger partial charge in [-0.1, -0.05) is 107 Å². The fourth-order valence-electron chi connectivity index (χ4n) is 9.49. The van der Waals surface area contributed by atoms with Gasteiger partial charge in [0, 0.05) is 38.2 Å². The van der Waals surface area contributed by atoms with Crippen LogP contribution in [0.4, 0.5) is 13.2 Å². The van der Waals surface area contributed by atoms with Gasteiger partial charge in [-0.3, -0.25) is 24.0 Å². The number of thiazole rings is 1. The molecule has 2 aromatic heterocycles. The molecule has 6 rings (SSSR count). The monoisotopic (exact) mass is 1030 g/mol. The van der Waals surface area contributed by atoms with Crippen LogP contribution in [0, 0.1) is 24.2 Å². The Morgan fingerprint density at radius 1 is 0.822 bits per heavy atom. The zero-order valence-electron chi connectivity index (χ0n) is 42.9. The Balaban J connectivity index is 0.837. The first kappa shape index (κ1) is 56.2. The van der Waals surface area contributed by atoms with E-state index in [9.17, 15) is 37.1 Å². The van der Waals surface area contributed by atoms with Gasteiger partial charge in [0.15, 0.2) is 0 Å². The minimum absolute atomic E-state index is 0.00970. The lowest BCUT2D eigenvalue weighted by Crippen LogP contribution is -2.57. The molecule has 0 radical (unpaired) electrons. The average Bonchev–Trinajstić information content (AvgIpc) is 4.04. The number of methoxy groups -OCH3 is 1. The maximum Gasteiger partial charge on any atom is 0.391 e. The molecule has 73 heavy (non-hydrogen) atoms. The van der Waals surface area contributed by atoms with Crippen molar-refractivity contribution in [2.24, 2.45) is 17.3 Å². The van der Waals surface area contributed by atoms with Crippen molar-refractivity contribution in [3.05, 3.63) is 106 Å². The Kier molecular flexibility index (Phi) is 20.6. The summed E-state index contributed by atoms with van der Waals surface area (Å²) in [6.07, 6.45) is 9.06. The van der Waals surface area contributed by atoms with Gasteiger partial charge in [0.05, 0.1) is 41.7 Å². The minimum atomic E-state index is -4.16. The number of aromatic nitrogens is 2. The average molecular weight is 1030 g/mol. The third-order valence-electron chi connectivity index (χ3n) is 13.8. The first-order valence-electron chi connectivity index (χ1n) is 25.7. The minimum Gasteiger partial charge on any atom is -0.495 e. The number of alkyl halides is 3. The van der Waals surface area contributed by atoms with E-state index in [2.05, 4.69) is 31.2 Å². The summed E-state index contributed by atoms with van der Waals surface area (Å²) < 4.78 is 44.8. The standard InChI is InChI=1S/C56H72F3N7O6S/c1-37-50(73-36-64-37)42-23-19-39(20-24-42)33-63-53(70)46-16-13-29-66(46)54(71)51(55(2,3)4)65-48(67)17-10-8-6-7-9-11-28-60-49(68)31-40-14-12-15-41(30-40)34-62-52(69)45-32-43(47(72-5)35-61-45)25-18-38-21-26-44(27-22-38)56(57,58)59/h12,14-15,18-20,23-25,30,32,35-36,38,44,46,51H,6-11,13,16-17,21-22,26-29,31,33-34H2,1-5H3,(H,60,68)(H,62,69)(H,63,70)(H,65,67)/b25-18+/t38?,44?,46-,51?/m0/s1. The van der Waals surface area contributed by atoms with Crippen LogP contribution in [0.2, 0.25) is 0 Å². The van der Waals surface area contributed by atoms with Crippen molar-refractivity contribution >= 4 is 46.9 Å². The zero-order chi connectivity index (χ0) is 52.5. The van der Waals surface area contributed by atoms with E-state index < -0.39 is 35.5 Å². The van der Waals surface area contributed by atoms with E-state index in [-0.39, 0.29) is 61.0 Å². The molecule has 0 spiro atoms. The molecule has 1 unspecified atom stereocenters. The van der Waals surface area contributed by atoms with Crippen molar-refractivity contribution < 1.29 is 41.9 Å². The van der Waals surface area contributed by atoms with Gasteiger partial charge in [0.25, 0.3) is 5.91 Å². The first-order chi connectivity index (χ1) is 34.9. The third kappa shape index (κ3) is 17.0. The van der Waals surface area contributed by atoms with Crippen molar-refractivity contribution in [1.29, 1.82) is 0 Å². The number of halogens is 3. The van der Waals surface area contributed by atoms with E-state index in [1.807, 2.05) is 87.8 Å². The molecule has 3 heterocycles. The van der Waals surface area contributed by atoms with Crippen molar-refractivity contribution in [1.82, 2.24) is 36.1 Å². The van der Waals surface area contributed by atoms with E-state index in [0.29, 0.717) is 69.5 Å². The maximum absolute atomic E-state index is 14.0. The molecule has 4 aromatic rings. The van der Waals surface area contributed by atoms with Crippen LogP contribution in [0.5, 0.6) is 5.75 Å². The molecule has 17 heteroatoms. The molecule has 13 nitrogen and oxygen atoms in total. The predicted octanol–water partition coefficient (Wildman–Crippen LogP) is 10.1. The summed E-state index contributed by atoms with van der Waals surface area (Å²) in [5, 5.41) is 11.9.